The van der Waals surface area contributed by atoms with Gasteiger partial charge in [-0.15, -0.1) is 0 Å². The Bertz CT molecular complexity index is 464. The number of hydrogen-bond acceptors (Lipinski definition) is 2. The van der Waals surface area contributed by atoms with E-state index in [0.29, 0.717) is 5.92 Å². The van der Waals surface area contributed by atoms with Crippen LogP contribution in [0.15, 0.2) is 16.7 Å². The summed E-state index contributed by atoms with van der Waals surface area (Å²) >= 11 is 3.45. The molecular formula is C15H24BrN3O. The van der Waals surface area contributed by atoms with Crippen LogP contribution >= 0.6 is 15.9 Å². The van der Waals surface area contributed by atoms with Crippen molar-refractivity contribution in [3.8, 4) is 0 Å². The van der Waals surface area contributed by atoms with E-state index >= 15 is 0 Å². The number of carbonyl (C=O) groups excluding carboxylic acids is 1. The number of aromatic nitrogens is 1. The van der Waals surface area contributed by atoms with Gasteiger partial charge in [-0.25, -0.2) is 0 Å². The first-order chi connectivity index (χ1) is 9.51. The van der Waals surface area contributed by atoms with E-state index in [1.807, 2.05) is 28.8 Å². The highest BCUT2D eigenvalue weighted by molar-refractivity contribution is 9.10. The molecule has 0 atom stereocenters. The first kappa shape index (κ1) is 15.6. The Labute approximate surface area is 129 Å². The molecule has 0 spiro atoms. The summed E-state index contributed by atoms with van der Waals surface area (Å²) in [5.41, 5.74) is 0.773. The van der Waals surface area contributed by atoms with Crippen LogP contribution in [0.1, 0.15) is 30.3 Å². The zero-order chi connectivity index (χ0) is 14.7. The van der Waals surface area contributed by atoms with Gasteiger partial charge in [-0.2, -0.15) is 0 Å². The Hall–Kier alpha value is -0.810. The summed E-state index contributed by atoms with van der Waals surface area (Å²) in [6.07, 6.45) is 4.34. The lowest BCUT2D eigenvalue weighted by molar-refractivity contribution is 0.0737. The molecule has 0 bridgehead atoms. The summed E-state index contributed by atoms with van der Waals surface area (Å²) in [5.74, 6) is 0.755. The zero-order valence-electron chi connectivity index (χ0n) is 12.6. The third kappa shape index (κ3) is 3.64. The number of piperidine rings is 1. The van der Waals surface area contributed by atoms with Crippen LogP contribution in [0.25, 0.3) is 0 Å². The van der Waals surface area contributed by atoms with Gasteiger partial charge < -0.3 is 14.4 Å². The second kappa shape index (κ2) is 6.76. The van der Waals surface area contributed by atoms with Crippen LogP contribution in [0.4, 0.5) is 0 Å². The lowest BCUT2D eigenvalue weighted by Gasteiger charge is -2.31. The standard InChI is InChI=1S/C15H24BrN3O/c1-4-19-11-13(16)9-14(19)15(20)18(3)10-12-5-7-17(2)8-6-12/h9,11-12H,4-8,10H2,1-3H3. The number of halogens is 1. The van der Waals surface area contributed by atoms with E-state index < -0.39 is 0 Å². The predicted octanol–water partition coefficient (Wildman–Crippen LogP) is 2.68. The number of nitrogens with zero attached hydrogens (tertiary/aromatic N) is 3. The molecule has 2 rings (SSSR count). The Balaban J connectivity index is 1.97. The number of likely N-dealkylation sites (tertiary alicyclic amines) is 1. The molecule has 20 heavy (non-hydrogen) atoms. The van der Waals surface area contributed by atoms with Crippen molar-refractivity contribution in [3.63, 3.8) is 0 Å². The molecule has 5 heteroatoms. The third-order valence-corrected chi connectivity index (χ3v) is 4.57. The number of amides is 1. The number of hydrogen-bond donors (Lipinski definition) is 0. The average molecular weight is 342 g/mol. The molecule has 0 N–H and O–H groups in total. The lowest BCUT2D eigenvalue weighted by Crippen LogP contribution is -2.38. The molecule has 1 fully saturated rings. The highest BCUT2D eigenvalue weighted by atomic mass is 79.9. The van der Waals surface area contributed by atoms with Gasteiger partial charge in [-0.3, -0.25) is 4.79 Å². The SMILES string of the molecule is CCn1cc(Br)cc1C(=O)N(C)CC1CCN(C)CC1. The molecular weight excluding hydrogens is 318 g/mol. The van der Waals surface area contributed by atoms with Crippen molar-refractivity contribution in [3.05, 3.63) is 22.4 Å². The van der Waals surface area contributed by atoms with Gasteiger partial charge in [0.05, 0.1) is 0 Å². The maximum Gasteiger partial charge on any atom is 0.270 e. The lowest BCUT2D eigenvalue weighted by atomic mass is 9.96. The van der Waals surface area contributed by atoms with Crippen molar-refractivity contribution >= 4 is 21.8 Å². The smallest absolute Gasteiger partial charge is 0.270 e. The molecule has 1 aromatic rings. The molecule has 4 nitrogen and oxygen atoms in total. The summed E-state index contributed by atoms with van der Waals surface area (Å²) in [5, 5.41) is 0. The van der Waals surface area contributed by atoms with Crippen LogP contribution in [0.5, 0.6) is 0 Å². The molecule has 1 amide bonds. The van der Waals surface area contributed by atoms with E-state index in [1.165, 1.54) is 12.8 Å². The molecule has 0 aromatic carbocycles. The van der Waals surface area contributed by atoms with Crippen molar-refractivity contribution < 1.29 is 4.79 Å². The first-order valence-electron chi connectivity index (χ1n) is 7.31. The summed E-state index contributed by atoms with van der Waals surface area (Å²) in [6.45, 7) is 6.02. The van der Waals surface area contributed by atoms with Crippen molar-refractivity contribution in [2.24, 2.45) is 5.92 Å². The Morgan fingerprint density at radius 1 is 1.45 bits per heavy atom. The van der Waals surface area contributed by atoms with E-state index in [2.05, 4.69) is 34.8 Å². The minimum absolute atomic E-state index is 0.122. The zero-order valence-corrected chi connectivity index (χ0v) is 14.2. The van der Waals surface area contributed by atoms with E-state index in [4.69, 9.17) is 0 Å². The first-order valence-corrected chi connectivity index (χ1v) is 8.10. The van der Waals surface area contributed by atoms with Gasteiger partial charge in [0.2, 0.25) is 0 Å². The molecule has 0 unspecified atom stereocenters. The van der Waals surface area contributed by atoms with E-state index in [1.54, 1.807) is 0 Å². The largest absolute Gasteiger partial charge is 0.343 e. The number of carbonyl (C=O) groups is 1. The molecule has 1 saturated heterocycles. The molecule has 0 aliphatic carbocycles. The van der Waals surface area contributed by atoms with Crippen LogP contribution in [-0.2, 0) is 6.54 Å². The topological polar surface area (TPSA) is 28.5 Å². The fourth-order valence-electron chi connectivity index (χ4n) is 2.83. The second-order valence-electron chi connectivity index (χ2n) is 5.76. The Morgan fingerprint density at radius 2 is 2.10 bits per heavy atom. The van der Waals surface area contributed by atoms with Crippen molar-refractivity contribution in [2.75, 3.05) is 33.7 Å². The molecule has 0 radical (unpaired) electrons. The normalized spacial score (nSPS) is 17.4. The number of rotatable bonds is 4. The fraction of sp³-hybridized carbons (Fsp3) is 0.667. The maximum absolute atomic E-state index is 12.5. The van der Waals surface area contributed by atoms with E-state index in [-0.39, 0.29) is 5.91 Å². The molecule has 2 heterocycles. The molecule has 1 aliphatic rings. The van der Waals surface area contributed by atoms with Gasteiger partial charge >= 0.3 is 0 Å². The molecule has 1 aromatic heterocycles. The van der Waals surface area contributed by atoms with Crippen LogP contribution < -0.4 is 0 Å². The summed E-state index contributed by atoms with van der Waals surface area (Å²) < 4.78 is 2.97. The molecule has 1 aliphatic heterocycles. The Morgan fingerprint density at radius 3 is 2.70 bits per heavy atom. The monoisotopic (exact) mass is 341 g/mol. The average Bonchev–Trinajstić information content (AvgIpc) is 2.81. The van der Waals surface area contributed by atoms with Crippen LogP contribution in [-0.4, -0.2) is 54.0 Å². The van der Waals surface area contributed by atoms with Crippen molar-refractivity contribution in [1.29, 1.82) is 0 Å². The van der Waals surface area contributed by atoms with Gasteiger partial charge in [0, 0.05) is 30.8 Å². The van der Waals surface area contributed by atoms with Crippen LogP contribution in [0.3, 0.4) is 0 Å². The van der Waals surface area contributed by atoms with Crippen LogP contribution in [0.2, 0.25) is 0 Å². The summed E-state index contributed by atoms with van der Waals surface area (Å²) in [6, 6.07) is 1.91. The van der Waals surface area contributed by atoms with Gasteiger partial charge in [0.15, 0.2) is 0 Å². The van der Waals surface area contributed by atoms with Crippen molar-refractivity contribution in [2.45, 2.75) is 26.3 Å². The third-order valence-electron chi connectivity index (χ3n) is 4.14. The van der Waals surface area contributed by atoms with E-state index in [9.17, 15) is 4.79 Å². The Kier molecular flexibility index (Phi) is 5.27. The predicted molar refractivity (Wildman–Crippen MR) is 85.0 cm³/mol. The van der Waals surface area contributed by atoms with Gasteiger partial charge in [0.25, 0.3) is 5.91 Å². The van der Waals surface area contributed by atoms with E-state index in [0.717, 1.165) is 36.3 Å². The van der Waals surface area contributed by atoms with Crippen molar-refractivity contribution in [1.82, 2.24) is 14.4 Å². The highest BCUT2D eigenvalue weighted by Crippen LogP contribution is 2.20. The minimum atomic E-state index is 0.122. The second-order valence-corrected chi connectivity index (χ2v) is 6.68. The van der Waals surface area contributed by atoms with Crippen LogP contribution in [0, 0.1) is 5.92 Å². The van der Waals surface area contributed by atoms with Gasteiger partial charge in [-0.1, -0.05) is 0 Å². The van der Waals surface area contributed by atoms with Gasteiger partial charge in [-0.05, 0) is 67.8 Å². The minimum Gasteiger partial charge on any atom is -0.343 e. The quantitative estimate of drug-likeness (QED) is 0.842. The fourth-order valence-corrected chi connectivity index (χ4v) is 3.29. The summed E-state index contributed by atoms with van der Waals surface area (Å²) in [7, 11) is 4.08. The molecule has 0 saturated carbocycles. The number of aryl methyl sites for hydroxylation is 1. The molecule has 112 valence electrons. The van der Waals surface area contributed by atoms with Gasteiger partial charge in [0.1, 0.15) is 5.69 Å². The maximum atomic E-state index is 12.5. The highest BCUT2D eigenvalue weighted by Gasteiger charge is 2.22. The summed E-state index contributed by atoms with van der Waals surface area (Å²) in [4.78, 5) is 16.8.